The SMILES string of the molecule is CC(C)CN(CCCN)C(=O)C1CC2CCC1C2. The summed E-state index contributed by atoms with van der Waals surface area (Å²) < 4.78 is 0. The number of carbonyl (C=O) groups is 1. The van der Waals surface area contributed by atoms with Gasteiger partial charge >= 0.3 is 0 Å². The number of hydrogen-bond acceptors (Lipinski definition) is 2. The van der Waals surface area contributed by atoms with Gasteiger partial charge < -0.3 is 10.6 Å². The minimum atomic E-state index is 0.334. The molecule has 0 aromatic rings. The van der Waals surface area contributed by atoms with E-state index in [1.54, 1.807) is 0 Å². The lowest BCUT2D eigenvalue weighted by molar-refractivity contribution is -0.137. The van der Waals surface area contributed by atoms with Gasteiger partial charge in [-0.05, 0) is 50.0 Å². The predicted octanol–water partition coefficient (Wildman–Crippen LogP) is 2.26. The lowest BCUT2D eigenvalue weighted by Crippen LogP contribution is -2.41. The summed E-state index contributed by atoms with van der Waals surface area (Å²) in [7, 11) is 0. The smallest absolute Gasteiger partial charge is 0.225 e. The second-order valence-electron chi connectivity index (χ2n) is 6.60. The van der Waals surface area contributed by atoms with Crippen molar-refractivity contribution >= 4 is 5.91 Å². The number of nitrogens with zero attached hydrogens (tertiary/aromatic N) is 1. The summed E-state index contributed by atoms with van der Waals surface area (Å²) in [6.45, 7) is 6.79. The molecule has 3 nitrogen and oxygen atoms in total. The lowest BCUT2D eigenvalue weighted by atomic mass is 9.87. The summed E-state index contributed by atoms with van der Waals surface area (Å²) in [4.78, 5) is 14.7. The first-order valence-electron chi connectivity index (χ1n) is 7.60. The third-order valence-electron chi connectivity index (χ3n) is 4.58. The zero-order valence-electron chi connectivity index (χ0n) is 11.9. The number of rotatable bonds is 6. The fourth-order valence-corrected chi connectivity index (χ4v) is 3.80. The average Bonchev–Trinajstić information content (AvgIpc) is 2.95. The van der Waals surface area contributed by atoms with E-state index in [0.29, 0.717) is 30.2 Å². The Labute approximate surface area is 111 Å². The van der Waals surface area contributed by atoms with Crippen molar-refractivity contribution in [3.05, 3.63) is 0 Å². The van der Waals surface area contributed by atoms with Gasteiger partial charge in [0, 0.05) is 19.0 Å². The summed E-state index contributed by atoms with van der Waals surface area (Å²) in [5.41, 5.74) is 5.58. The number of nitrogens with two attached hydrogens (primary N) is 1. The topological polar surface area (TPSA) is 46.3 Å². The minimum Gasteiger partial charge on any atom is -0.342 e. The standard InChI is InChI=1S/C15H28N2O/c1-11(2)10-17(7-3-6-16)15(18)14-9-12-4-5-13(14)8-12/h11-14H,3-10,16H2,1-2H3. The summed E-state index contributed by atoms with van der Waals surface area (Å²) in [6.07, 6.45) is 6.04. The van der Waals surface area contributed by atoms with E-state index in [1.165, 1.54) is 19.3 Å². The summed E-state index contributed by atoms with van der Waals surface area (Å²) >= 11 is 0. The molecule has 2 saturated carbocycles. The van der Waals surface area contributed by atoms with Gasteiger partial charge in [0.05, 0.1) is 0 Å². The van der Waals surface area contributed by atoms with Gasteiger partial charge in [0.2, 0.25) is 5.91 Å². The summed E-state index contributed by atoms with van der Waals surface area (Å²) in [5.74, 6) is 2.84. The van der Waals surface area contributed by atoms with Crippen LogP contribution in [0, 0.1) is 23.7 Å². The molecule has 2 aliphatic carbocycles. The molecule has 2 bridgehead atoms. The molecule has 0 spiro atoms. The van der Waals surface area contributed by atoms with Crippen LogP contribution in [0.4, 0.5) is 0 Å². The highest BCUT2D eigenvalue weighted by Gasteiger charge is 2.44. The zero-order chi connectivity index (χ0) is 13.1. The van der Waals surface area contributed by atoms with Crippen LogP contribution in [-0.4, -0.2) is 30.4 Å². The molecule has 3 heteroatoms. The van der Waals surface area contributed by atoms with E-state index in [2.05, 4.69) is 18.7 Å². The van der Waals surface area contributed by atoms with Gasteiger partial charge in [-0.25, -0.2) is 0 Å². The maximum absolute atomic E-state index is 12.7. The van der Waals surface area contributed by atoms with Crippen molar-refractivity contribution in [2.45, 2.75) is 46.0 Å². The predicted molar refractivity (Wildman–Crippen MR) is 74.0 cm³/mol. The molecule has 18 heavy (non-hydrogen) atoms. The first-order valence-corrected chi connectivity index (χ1v) is 7.60. The monoisotopic (exact) mass is 252 g/mol. The van der Waals surface area contributed by atoms with Crippen molar-refractivity contribution in [2.24, 2.45) is 29.4 Å². The Hall–Kier alpha value is -0.570. The molecule has 0 heterocycles. The Morgan fingerprint density at radius 1 is 1.33 bits per heavy atom. The van der Waals surface area contributed by atoms with E-state index in [9.17, 15) is 4.79 Å². The van der Waals surface area contributed by atoms with Gasteiger partial charge in [0.25, 0.3) is 0 Å². The van der Waals surface area contributed by atoms with Crippen molar-refractivity contribution in [3.63, 3.8) is 0 Å². The Balaban J connectivity index is 1.94. The van der Waals surface area contributed by atoms with Crippen molar-refractivity contribution in [3.8, 4) is 0 Å². The highest BCUT2D eigenvalue weighted by molar-refractivity contribution is 5.79. The van der Waals surface area contributed by atoms with Gasteiger partial charge in [-0.1, -0.05) is 20.3 Å². The van der Waals surface area contributed by atoms with E-state index >= 15 is 0 Å². The van der Waals surface area contributed by atoms with Crippen molar-refractivity contribution in [2.75, 3.05) is 19.6 Å². The molecule has 2 aliphatic rings. The van der Waals surface area contributed by atoms with Crippen LogP contribution in [0.1, 0.15) is 46.0 Å². The highest BCUT2D eigenvalue weighted by atomic mass is 16.2. The lowest BCUT2D eigenvalue weighted by Gasteiger charge is -2.30. The van der Waals surface area contributed by atoms with Crippen LogP contribution in [0.25, 0.3) is 0 Å². The Bertz CT molecular complexity index is 290. The van der Waals surface area contributed by atoms with E-state index < -0.39 is 0 Å². The van der Waals surface area contributed by atoms with Crippen LogP contribution in [-0.2, 0) is 4.79 Å². The number of carbonyl (C=O) groups excluding carboxylic acids is 1. The van der Waals surface area contributed by atoms with Gasteiger partial charge in [0.15, 0.2) is 0 Å². The molecular formula is C15H28N2O. The van der Waals surface area contributed by atoms with Crippen LogP contribution >= 0.6 is 0 Å². The maximum atomic E-state index is 12.7. The van der Waals surface area contributed by atoms with Crippen LogP contribution in [0.15, 0.2) is 0 Å². The summed E-state index contributed by atoms with van der Waals surface area (Å²) in [6, 6.07) is 0. The maximum Gasteiger partial charge on any atom is 0.225 e. The van der Waals surface area contributed by atoms with Crippen LogP contribution in [0.3, 0.4) is 0 Å². The number of amides is 1. The molecule has 1 amide bonds. The molecule has 0 aliphatic heterocycles. The van der Waals surface area contributed by atoms with Crippen molar-refractivity contribution in [1.82, 2.24) is 4.90 Å². The zero-order valence-corrected chi connectivity index (χ0v) is 11.9. The first-order chi connectivity index (χ1) is 8.61. The van der Waals surface area contributed by atoms with Gasteiger partial charge in [-0.15, -0.1) is 0 Å². The number of hydrogen-bond donors (Lipinski definition) is 1. The Morgan fingerprint density at radius 2 is 2.11 bits per heavy atom. The fourth-order valence-electron chi connectivity index (χ4n) is 3.80. The first kappa shape index (κ1) is 13.9. The van der Waals surface area contributed by atoms with Gasteiger partial charge in [-0.3, -0.25) is 4.79 Å². The molecule has 3 atom stereocenters. The van der Waals surface area contributed by atoms with E-state index in [-0.39, 0.29) is 0 Å². The van der Waals surface area contributed by atoms with E-state index in [1.807, 2.05) is 0 Å². The van der Waals surface area contributed by atoms with Crippen molar-refractivity contribution < 1.29 is 4.79 Å². The third kappa shape index (κ3) is 3.05. The van der Waals surface area contributed by atoms with Crippen molar-refractivity contribution in [1.29, 1.82) is 0 Å². The normalized spacial score (nSPS) is 30.1. The van der Waals surface area contributed by atoms with Crippen LogP contribution in [0.2, 0.25) is 0 Å². The minimum absolute atomic E-state index is 0.334. The van der Waals surface area contributed by atoms with Gasteiger partial charge in [0.1, 0.15) is 0 Å². The number of fused-ring (bicyclic) bond motifs is 2. The molecule has 2 fully saturated rings. The molecule has 0 radical (unpaired) electrons. The Morgan fingerprint density at radius 3 is 2.61 bits per heavy atom. The van der Waals surface area contributed by atoms with Crippen LogP contribution in [0.5, 0.6) is 0 Å². The van der Waals surface area contributed by atoms with E-state index in [4.69, 9.17) is 5.73 Å². The average molecular weight is 252 g/mol. The molecular weight excluding hydrogens is 224 g/mol. The molecule has 3 unspecified atom stereocenters. The highest BCUT2D eigenvalue weighted by Crippen LogP contribution is 2.48. The fraction of sp³-hybridized carbons (Fsp3) is 0.933. The molecule has 2 rings (SSSR count). The second kappa shape index (κ2) is 6.05. The Kier molecular flexibility index (Phi) is 4.66. The van der Waals surface area contributed by atoms with E-state index in [0.717, 1.165) is 31.8 Å². The quantitative estimate of drug-likeness (QED) is 0.788. The summed E-state index contributed by atoms with van der Waals surface area (Å²) in [5, 5.41) is 0. The molecule has 0 aromatic heterocycles. The molecule has 0 saturated heterocycles. The largest absolute Gasteiger partial charge is 0.342 e. The molecule has 0 aromatic carbocycles. The molecule has 2 N–H and O–H groups in total. The third-order valence-corrected chi connectivity index (χ3v) is 4.58. The molecule has 104 valence electrons. The second-order valence-corrected chi connectivity index (χ2v) is 6.60. The van der Waals surface area contributed by atoms with Gasteiger partial charge in [-0.2, -0.15) is 0 Å². The van der Waals surface area contributed by atoms with Crippen LogP contribution < -0.4 is 5.73 Å².